The molecular weight excluding hydrogens is 664 g/mol. The third-order valence-electron chi connectivity index (χ3n) is 8.14. The summed E-state index contributed by atoms with van der Waals surface area (Å²) in [5.74, 6) is -2.41. The summed E-state index contributed by atoms with van der Waals surface area (Å²) in [6.45, 7) is 7.67. The van der Waals surface area contributed by atoms with Crippen molar-refractivity contribution < 1.29 is 28.6 Å². The summed E-state index contributed by atoms with van der Waals surface area (Å²) in [6.07, 6.45) is 1.41. The van der Waals surface area contributed by atoms with Crippen LogP contribution in [0.25, 0.3) is 0 Å². The number of halogens is 2. The van der Waals surface area contributed by atoms with Crippen LogP contribution in [0.4, 0.5) is 0 Å². The molecule has 4 aliphatic rings. The fraction of sp³-hybridized carbons (Fsp3) is 0.640. The third kappa shape index (κ3) is 4.16. The number of benzene rings is 1. The lowest BCUT2D eigenvalue weighted by Gasteiger charge is -2.39. The Morgan fingerprint density at radius 2 is 1.85 bits per heavy atom. The van der Waals surface area contributed by atoms with E-state index >= 15 is 0 Å². The number of piperidine rings is 1. The molecule has 2 aliphatic heterocycles. The van der Waals surface area contributed by atoms with Crippen molar-refractivity contribution >= 4 is 63.1 Å². The number of ether oxygens (including phenoxy) is 3. The first-order valence-corrected chi connectivity index (χ1v) is 14.0. The lowest BCUT2D eigenvalue weighted by Crippen LogP contribution is -2.48. The zero-order valence-corrected chi connectivity index (χ0v) is 23.8. The number of carbonyl (C=O) groups is 3. The minimum Gasteiger partial charge on any atom is -0.459 e. The van der Waals surface area contributed by atoms with Crippen LogP contribution in [-0.4, -0.2) is 48.8 Å². The summed E-state index contributed by atoms with van der Waals surface area (Å²) in [5, 5.41) is 3.34. The minimum atomic E-state index is -0.633. The van der Waals surface area contributed by atoms with Crippen molar-refractivity contribution in [1.29, 1.82) is 0 Å². The fourth-order valence-electron chi connectivity index (χ4n) is 6.46. The quantitative estimate of drug-likeness (QED) is 0.285. The van der Waals surface area contributed by atoms with Gasteiger partial charge in [0.1, 0.15) is 17.8 Å². The minimum absolute atomic E-state index is 0.105. The molecule has 2 aliphatic carbocycles. The highest BCUT2D eigenvalue weighted by atomic mass is 127. The van der Waals surface area contributed by atoms with Crippen LogP contribution in [0.3, 0.4) is 0 Å². The Morgan fingerprint density at radius 1 is 1.15 bits per heavy atom. The van der Waals surface area contributed by atoms with Crippen LogP contribution in [0.15, 0.2) is 12.1 Å². The zero-order chi connectivity index (χ0) is 24.4. The molecule has 1 aromatic rings. The first-order valence-electron chi connectivity index (χ1n) is 11.9. The Hall–Kier alpha value is -0.950. The molecule has 6 atom stereocenters. The maximum atomic E-state index is 13.5. The molecule has 6 unspecified atom stereocenters. The molecule has 2 saturated heterocycles. The second kappa shape index (κ2) is 9.17. The zero-order valence-electron chi connectivity index (χ0n) is 19.4. The molecule has 184 valence electrons. The van der Waals surface area contributed by atoms with Crippen LogP contribution in [-0.2, 0) is 23.8 Å². The van der Waals surface area contributed by atoms with E-state index in [-0.39, 0.29) is 29.7 Å². The molecule has 5 rings (SSSR count). The Morgan fingerprint density at radius 3 is 2.56 bits per heavy atom. The predicted octanol–water partition coefficient (Wildman–Crippen LogP) is 3.86. The molecule has 34 heavy (non-hydrogen) atoms. The van der Waals surface area contributed by atoms with E-state index < -0.39 is 35.6 Å². The monoisotopic (exact) mass is 693 g/mol. The van der Waals surface area contributed by atoms with E-state index in [1.54, 1.807) is 0 Å². The number of carbonyl (C=O) groups excluding carboxylic acids is 3. The van der Waals surface area contributed by atoms with Gasteiger partial charge in [-0.05, 0) is 116 Å². The molecule has 0 spiro atoms. The molecule has 0 amide bonds. The number of hydrogen-bond acceptors (Lipinski definition) is 7. The summed E-state index contributed by atoms with van der Waals surface area (Å²) in [5.41, 5.74) is 0.849. The first-order chi connectivity index (χ1) is 16.1. The van der Waals surface area contributed by atoms with Gasteiger partial charge in [-0.25, -0.2) is 4.79 Å². The molecule has 4 fully saturated rings. The van der Waals surface area contributed by atoms with Gasteiger partial charge in [-0.15, -0.1) is 0 Å². The molecule has 2 bridgehead atoms. The van der Waals surface area contributed by atoms with Crippen LogP contribution in [0.1, 0.15) is 49.0 Å². The normalized spacial score (nSPS) is 32.6. The van der Waals surface area contributed by atoms with E-state index in [0.717, 1.165) is 38.6 Å². The number of fused-ring (bicyclic) bond motifs is 1. The van der Waals surface area contributed by atoms with Crippen molar-refractivity contribution in [1.82, 2.24) is 5.32 Å². The van der Waals surface area contributed by atoms with Gasteiger partial charge in [0.05, 0.1) is 17.4 Å². The lowest BCUT2D eigenvalue weighted by molar-refractivity contribution is -0.174. The first kappa shape index (κ1) is 24.7. The van der Waals surface area contributed by atoms with Crippen molar-refractivity contribution in [3.8, 4) is 0 Å². The SMILES string of the molecule is Cc1cc(I)c(I)c(C(=O)OC2C3CC4C2OC(=O)C4C3C(=O)OC(C)(C)C2CCNCC2)c1. The molecule has 7 nitrogen and oxygen atoms in total. The van der Waals surface area contributed by atoms with E-state index in [0.29, 0.717) is 12.0 Å². The largest absolute Gasteiger partial charge is 0.459 e. The summed E-state index contributed by atoms with van der Waals surface area (Å²) in [6, 6.07) is 3.83. The van der Waals surface area contributed by atoms with Crippen LogP contribution in [0, 0.1) is 43.7 Å². The molecule has 1 aromatic carbocycles. The van der Waals surface area contributed by atoms with Gasteiger partial charge in [-0.2, -0.15) is 0 Å². The molecule has 9 heteroatoms. The number of nitrogens with one attached hydrogen (secondary N) is 1. The topological polar surface area (TPSA) is 90.9 Å². The van der Waals surface area contributed by atoms with Gasteiger partial charge in [-0.1, -0.05) is 0 Å². The second-order valence-corrected chi connectivity index (χ2v) is 12.8. The Kier molecular flexibility index (Phi) is 6.67. The smallest absolute Gasteiger partial charge is 0.339 e. The van der Waals surface area contributed by atoms with E-state index in [1.165, 1.54) is 0 Å². The van der Waals surface area contributed by atoms with Gasteiger partial charge in [0, 0.05) is 24.9 Å². The standard InChI is InChI=1S/C25H29I2NO6/c1-11-8-15(19(27)16(26)9-11)22(29)32-20-14-10-13-17(23(30)33-21(13)20)18(14)24(31)34-25(2,3)12-4-6-28-7-5-12/h8-9,12-14,17-18,20-21,28H,4-7,10H2,1-3H3. The Balaban J connectivity index is 1.36. The molecule has 0 radical (unpaired) electrons. The van der Waals surface area contributed by atoms with Gasteiger partial charge in [0.25, 0.3) is 0 Å². The highest BCUT2D eigenvalue weighted by Gasteiger charge is 2.70. The highest BCUT2D eigenvalue weighted by molar-refractivity contribution is 14.1. The van der Waals surface area contributed by atoms with Crippen LogP contribution >= 0.6 is 45.2 Å². The number of aryl methyl sites for hydroxylation is 1. The maximum Gasteiger partial charge on any atom is 0.339 e. The lowest BCUT2D eigenvalue weighted by atomic mass is 9.78. The molecular formula is C25H29I2NO6. The van der Waals surface area contributed by atoms with Gasteiger partial charge >= 0.3 is 17.9 Å². The van der Waals surface area contributed by atoms with Gasteiger partial charge in [0.2, 0.25) is 0 Å². The second-order valence-electron chi connectivity index (χ2n) is 10.5. The van der Waals surface area contributed by atoms with E-state index in [1.807, 2.05) is 32.9 Å². The van der Waals surface area contributed by atoms with Crippen molar-refractivity contribution in [2.24, 2.45) is 29.6 Å². The van der Waals surface area contributed by atoms with E-state index in [4.69, 9.17) is 14.2 Å². The summed E-state index contributed by atoms with van der Waals surface area (Å²) < 4.78 is 19.5. The van der Waals surface area contributed by atoms with Crippen molar-refractivity contribution in [3.63, 3.8) is 0 Å². The number of esters is 3. The van der Waals surface area contributed by atoms with Crippen molar-refractivity contribution in [3.05, 3.63) is 30.4 Å². The van der Waals surface area contributed by atoms with Crippen LogP contribution in [0.2, 0.25) is 0 Å². The fourth-order valence-corrected chi connectivity index (χ4v) is 7.77. The molecule has 2 heterocycles. The summed E-state index contributed by atoms with van der Waals surface area (Å²) >= 11 is 4.36. The van der Waals surface area contributed by atoms with Crippen molar-refractivity contribution in [2.45, 2.75) is 57.8 Å². The Labute approximate surface area is 226 Å². The van der Waals surface area contributed by atoms with Crippen molar-refractivity contribution in [2.75, 3.05) is 13.1 Å². The molecule has 2 saturated carbocycles. The van der Waals surface area contributed by atoms with Gasteiger partial charge < -0.3 is 19.5 Å². The van der Waals surface area contributed by atoms with Gasteiger partial charge in [0.15, 0.2) is 0 Å². The summed E-state index contributed by atoms with van der Waals surface area (Å²) in [7, 11) is 0. The number of hydrogen-bond donors (Lipinski definition) is 1. The maximum absolute atomic E-state index is 13.5. The summed E-state index contributed by atoms with van der Waals surface area (Å²) in [4.78, 5) is 39.4. The Bertz CT molecular complexity index is 1040. The van der Waals surface area contributed by atoms with Crippen LogP contribution < -0.4 is 5.32 Å². The van der Waals surface area contributed by atoms with Gasteiger partial charge in [-0.3, -0.25) is 9.59 Å². The number of rotatable bonds is 5. The highest BCUT2D eigenvalue weighted by Crippen LogP contribution is 2.59. The molecule has 0 aromatic heterocycles. The van der Waals surface area contributed by atoms with E-state index in [9.17, 15) is 14.4 Å². The average molecular weight is 693 g/mol. The predicted molar refractivity (Wildman–Crippen MR) is 140 cm³/mol. The average Bonchev–Trinajstić information content (AvgIpc) is 3.40. The third-order valence-corrected chi connectivity index (χ3v) is 11.2. The van der Waals surface area contributed by atoms with E-state index in [2.05, 4.69) is 50.5 Å². The van der Waals surface area contributed by atoms with Crippen LogP contribution in [0.5, 0.6) is 0 Å². The molecule has 1 N–H and O–H groups in total.